The summed E-state index contributed by atoms with van der Waals surface area (Å²) in [5.74, 6) is -0.155. The van der Waals surface area contributed by atoms with Crippen molar-refractivity contribution in [2.75, 3.05) is 0 Å². The van der Waals surface area contributed by atoms with Crippen LogP contribution in [0.3, 0.4) is 0 Å². The molecule has 0 fully saturated rings. The molecule has 0 aromatic carbocycles. The Morgan fingerprint density at radius 2 is 2.10 bits per heavy atom. The molecule has 4 nitrogen and oxygen atoms in total. The summed E-state index contributed by atoms with van der Waals surface area (Å²) in [5.41, 5.74) is 0. The second-order valence-electron chi connectivity index (χ2n) is 1.60. The minimum atomic E-state index is -4.12. The van der Waals surface area contributed by atoms with Crippen molar-refractivity contribution in [3.05, 3.63) is 11.4 Å². The van der Waals surface area contributed by atoms with Crippen molar-refractivity contribution in [1.82, 2.24) is 0 Å². The van der Waals surface area contributed by atoms with Crippen LogP contribution in [0.25, 0.3) is 0 Å². The van der Waals surface area contributed by atoms with Gasteiger partial charge in [0.15, 0.2) is 4.21 Å². The van der Waals surface area contributed by atoms with Crippen molar-refractivity contribution in [3.63, 3.8) is 0 Å². The summed E-state index contributed by atoms with van der Waals surface area (Å²) in [6, 6.07) is 0.986. The Kier molecular flexibility index (Phi) is 1.67. The SMILES string of the molecule is O=S(=O)(O)c1cc(O)cs1. The van der Waals surface area contributed by atoms with E-state index in [9.17, 15) is 8.42 Å². The van der Waals surface area contributed by atoms with Crippen LogP contribution >= 0.6 is 11.3 Å². The third-order valence-electron chi connectivity index (χ3n) is 0.816. The lowest BCUT2D eigenvalue weighted by Crippen LogP contribution is -1.92. The van der Waals surface area contributed by atoms with Crippen molar-refractivity contribution in [3.8, 4) is 5.75 Å². The molecule has 0 aliphatic rings. The molecule has 2 N–H and O–H groups in total. The summed E-state index contributed by atoms with van der Waals surface area (Å²) in [4.78, 5) is 0. The van der Waals surface area contributed by atoms with Gasteiger partial charge in [0, 0.05) is 11.4 Å². The van der Waals surface area contributed by atoms with Gasteiger partial charge in [-0.25, -0.2) is 0 Å². The summed E-state index contributed by atoms with van der Waals surface area (Å²) < 4.78 is 28.7. The molecule has 6 heteroatoms. The molecular formula is C4H4O4S2. The van der Waals surface area contributed by atoms with E-state index in [4.69, 9.17) is 9.66 Å². The second kappa shape index (κ2) is 2.22. The highest BCUT2D eigenvalue weighted by Crippen LogP contribution is 2.23. The zero-order valence-corrected chi connectivity index (χ0v) is 6.32. The van der Waals surface area contributed by atoms with Gasteiger partial charge in [-0.15, -0.1) is 11.3 Å². The van der Waals surface area contributed by atoms with Crippen molar-refractivity contribution in [1.29, 1.82) is 0 Å². The van der Waals surface area contributed by atoms with Crippen LogP contribution in [0.4, 0.5) is 0 Å². The molecular weight excluding hydrogens is 176 g/mol. The van der Waals surface area contributed by atoms with E-state index in [1.807, 2.05) is 0 Å². The number of aromatic hydroxyl groups is 1. The Morgan fingerprint density at radius 1 is 1.50 bits per heavy atom. The predicted octanol–water partition coefficient (Wildman–Crippen LogP) is 0.700. The topological polar surface area (TPSA) is 74.6 Å². The maximum atomic E-state index is 10.3. The largest absolute Gasteiger partial charge is 0.507 e. The third-order valence-corrected chi connectivity index (χ3v) is 3.07. The summed E-state index contributed by atoms with van der Waals surface area (Å²) in [6.45, 7) is 0. The highest BCUT2D eigenvalue weighted by molar-refractivity contribution is 7.88. The number of thiophene rings is 1. The van der Waals surface area contributed by atoms with Crippen LogP contribution in [0.15, 0.2) is 15.7 Å². The number of hydrogen-bond donors (Lipinski definition) is 2. The monoisotopic (exact) mass is 180 g/mol. The van der Waals surface area contributed by atoms with E-state index in [0.717, 1.165) is 17.4 Å². The Hall–Kier alpha value is -0.590. The first-order valence-corrected chi connectivity index (χ1v) is 4.57. The number of hydrogen-bond acceptors (Lipinski definition) is 4. The lowest BCUT2D eigenvalue weighted by Gasteiger charge is -1.85. The average Bonchev–Trinajstić information content (AvgIpc) is 2.11. The van der Waals surface area contributed by atoms with Crippen molar-refractivity contribution >= 4 is 21.5 Å². The molecule has 0 saturated heterocycles. The molecule has 0 radical (unpaired) electrons. The van der Waals surface area contributed by atoms with Crippen LogP contribution in [-0.2, 0) is 10.1 Å². The molecule has 0 saturated carbocycles. The summed E-state index contributed by atoms with van der Waals surface area (Å²) in [7, 11) is -4.12. The van der Waals surface area contributed by atoms with Crippen LogP contribution in [0.1, 0.15) is 0 Å². The Balaban J connectivity index is 3.21. The second-order valence-corrected chi connectivity index (χ2v) is 4.16. The molecule has 1 rings (SSSR count). The molecule has 0 amide bonds. The van der Waals surface area contributed by atoms with Crippen molar-refractivity contribution in [2.45, 2.75) is 4.21 Å². The fourth-order valence-corrected chi connectivity index (χ4v) is 1.84. The lowest BCUT2D eigenvalue weighted by molar-refractivity contribution is 0.472. The lowest BCUT2D eigenvalue weighted by atomic mass is 10.6. The maximum absolute atomic E-state index is 10.3. The minimum Gasteiger partial charge on any atom is -0.507 e. The van der Waals surface area contributed by atoms with Gasteiger partial charge < -0.3 is 5.11 Å². The highest BCUT2D eigenvalue weighted by Gasteiger charge is 2.11. The highest BCUT2D eigenvalue weighted by atomic mass is 32.3. The van der Waals surface area contributed by atoms with Crippen molar-refractivity contribution in [2.24, 2.45) is 0 Å². The van der Waals surface area contributed by atoms with Gasteiger partial charge in [-0.1, -0.05) is 0 Å². The molecule has 1 heterocycles. The quantitative estimate of drug-likeness (QED) is 0.624. The fraction of sp³-hybridized carbons (Fsp3) is 0. The van der Waals surface area contributed by atoms with Crippen LogP contribution in [0.2, 0.25) is 0 Å². The average molecular weight is 180 g/mol. The molecule has 1 aromatic heterocycles. The first-order chi connectivity index (χ1) is 4.50. The van der Waals surface area contributed by atoms with Crippen LogP contribution < -0.4 is 0 Å². The molecule has 0 aliphatic heterocycles. The first kappa shape index (κ1) is 7.52. The van der Waals surface area contributed by atoms with E-state index in [2.05, 4.69) is 0 Å². The first-order valence-electron chi connectivity index (χ1n) is 2.25. The van der Waals surface area contributed by atoms with E-state index in [1.54, 1.807) is 0 Å². The molecule has 0 atom stereocenters. The Morgan fingerprint density at radius 3 is 2.30 bits per heavy atom. The summed E-state index contributed by atoms with van der Waals surface area (Å²) in [6.07, 6.45) is 0. The normalized spacial score (nSPS) is 11.7. The van der Waals surface area contributed by atoms with E-state index in [-0.39, 0.29) is 9.96 Å². The predicted molar refractivity (Wildman–Crippen MR) is 35.8 cm³/mol. The summed E-state index contributed by atoms with van der Waals surface area (Å²) >= 11 is 0.769. The van der Waals surface area contributed by atoms with Crippen molar-refractivity contribution < 1.29 is 18.1 Å². The zero-order chi connectivity index (χ0) is 7.78. The van der Waals surface area contributed by atoms with Gasteiger partial charge in [-0.2, -0.15) is 8.42 Å². The standard InChI is InChI=1S/C4H4O4S2/c5-3-1-4(9-2-3)10(6,7)8/h1-2,5H,(H,6,7,8). The zero-order valence-electron chi connectivity index (χ0n) is 4.68. The minimum absolute atomic E-state index is 0.155. The van der Waals surface area contributed by atoms with Gasteiger partial charge in [-0.05, 0) is 0 Å². The molecule has 0 spiro atoms. The van der Waals surface area contributed by atoms with Crippen LogP contribution in [0.5, 0.6) is 5.75 Å². The third kappa shape index (κ3) is 1.47. The van der Waals surface area contributed by atoms with Gasteiger partial charge in [-0.3, -0.25) is 4.55 Å². The van der Waals surface area contributed by atoms with E-state index >= 15 is 0 Å². The molecule has 1 aromatic rings. The van der Waals surface area contributed by atoms with E-state index < -0.39 is 10.1 Å². The molecule has 0 bridgehead atoms. The Labute approximate surface area is 61.5 Å². The maximum Gasteiger partial charge on any atom is 0.304 e. The van der Waals surface area contributed by atoms with Gasteiger partial charge in [0.25, 0.3) is 0 Å². The van der Waals surface area contributed by atoms with Gasteiger partial charge >= 0.3 is 10.1 Å². The van der Waals surface area contributed by atoms with Crippen LogP contribution in [-0.4, -0.2) is 18.1 Å². The van der Waals surface area contributed by atoms with Gasteiger partial charge in [0.2, 0.25) is 0 Å². The summed E-state index contributed by atoms with van der Waals surface area (Å²) in [5, 5.41) is 9.88. The van der Waals surface area contributed by atoms with E-state index in [0.29, 0.717) is 0 Å². The number of rotatable bonds is 1. The Bertz CT molecular complexity index is 323. The van der Waals surface area contributed by atoms with E-state index in [1.165, 1.54) is 5.38 Å². The van der Waals surface area contributed by atoms with Gasteiger partial charge in [0.05, 0.1) is 0 Å². The molecule has 10 heavy (non-hydrogen) atoms. The fourth-order valence-electron chi connectivity index (χ4n) is 0.443. The molecule has 56 valence electrons. The van der Waals surface area contributed by atoms with Gasteiger partial charge in [0.1, 0.15) is 5.75 Å². The smallest absolute Gasteiger partial charge is 0.304 e. The molecule has 0 aliphatic carbocycles. The van der Waals surface area contributed by atoms with Crippen LogP contribution in [0, 0.1) is 0 Å². The molecule has 0 unspecified atom stereocenters.